The highest BCUT2D eigenvalue weighted by atomic mass is 19.1. The third-order valence-electron chi connectivity index (χ3n) is 2.89. The van der Waals surface area contributed by atoms with Gasteiger partial charge in [-0.05, 0) is 31.0 Å². The summed E-state index contributed by atoms with van der Waals surface area (Å²) < 4.78 is 13.4. The molecule has 2 unspecified atom stereocenters. The van der Waals surface area contributed by atoms with Crippen molar-refractivity contribution in [1.29, 1.82) is 0 Å². The number of nitrogens with one attached hydrogen (secondary N) is 1. The molecule has 0 aliphatic heterocycles. The number of ketones is 1. The van der Waals surface area contributed by atoms with Gasteiger partial charge in [0, 0.05) is 13.5 Å². The van der Waals surface area contributed by atoms with Crippen molar-refractivity contribution >= 4 is 11.7 Å². The molecule has 1 aromatic carbocycles. The average molecular weight is 283 g/mol. The molecule has 0 aromatic heterocycles. The molecule has 20 heavy (non-hydrogen) atoms. The van der Waals surface area contributed by atoms with Gasteiger partial charge in [0.05, 0.1) is 11.7 Å². The molecule has 0 spiro atoms. The number of Topliss-reactive ketones (excluding diaryl/α,β-unsaturated/α-hetero) is 1. The number of aliphatic hydroxyl groups is 2. The summed E-state index contributed by atoms with van der Waals surface area (Å²) in [5.41, 5.74) is 0.127. The Bertz CT molecular complexity index is 504. The minimum Gasteiger partial charge on any atom is -0.390 e. The van der Waals surface area contributed by atoms with Crippen LogP contribution in [0, 0.1) is 5.82 Å². The zero-order chi connectivity index (χ0) is 15.3. The summed E-state index contributed by atoms with van der Waals surface area (Å²) in [6.07, 6.45) is -2.22. The van der Waals surface area contributed by atoms with Gasteiger partial charge < -0.3 is 15.5 Å². The zero-order valence-electron chi connectivity index (χ0n) is 11.4. The number of carbonyl (C=O) groups excluding carboxylic acids is 2. The van der Waals surface area contributed by atoms with E-state index in [2.05, 4.69) is 5.32 Å². The number of halogens is 1. The van der Waals surface area contributed by atoms with E-state index in [1.165, 1.54) is 26.0 Å². The van der Waals surface area contributed by atoms with E-state index in [4.69, 9.17) is 0 Å². The van der Waals surface area contributed by atoms with E-state index in [1.54, 1.807) is 0 Å². The molecule has 1 rings (SSSR count). The maximum Gasteiger partial charge on any atom is 0.216 e. The van der Waals surface area contributed by atoms with Crippen LogP contribution in [0.2, 0.25) is 0 Å². The Morgan fingerprint density at radius 3 is 2.50 bits per heavy atom. The molecule has 0 fully saturated rings. The number of benzene rings is 1. The topological polar surface area (TPSA) is 86.6 Å². The fourth-order valence-corrected chi connectivity index (χ4v) is 1.77. The van der Waals surface area contributed by atoms with Crippen LogP contribution in [0.5, 0.6) is 0 Å². The predicted molar refractivity (Wildman–Crippen MR) is 70.7 cm³/mol. The number of rotatable bonds is 6. The molecule has 6 heteroatoms. The van der Waals surface area contributed by atoms with E-state index in [0.717, 1.165) is 6.07 Å². The summed E-state index contributed by atoms with van der Waals surface area (Å²) in [5.74, 6) is -1.35. The van der Waals surface area contributed by atoms with Crippen molar-refractivity contribution < 1.29 is 24.2 Å². The van der Waals surface area contributed by atoms with Gasteiger partial charge in [0.1, 0.15) is 11.9 Å². The molecule has 110 valence electrons. The van der Waals surface area contributed by atoms with Gasteiger partial charge in [-0.3, -0.25) is 9.59 Å². The molecular formula is C14H18FNO4. The van der Waals surface area contributed by atoms with E-state index >= 15 is 0 Å². The summed E-state index contributed by atoms with van der Waals surface area (Å²) in [5, 5.41) is 22.3. The third kappa shape index (κ3) is 4.40. The standard InChI is InChI=1S/C14H18FNO4/c1-8(17)11-7-10(3-4-12(11)15)14(20)13(19)5-6-16-9(2)18/h3-4,7,13-14,19-20H,5-6H2,1-2H3,(H,16,18). The highest BCUT2D eigenvalue weighted by Crippen LogP contribution is 2.21. The van der Waals surface area contributed by atoms with Crippen molar-refractivity contribution in [2.45, 2.75) is 32.5 Å². The average Bonchev–Trinajstić information content (AvgIpc) is 2.37. The van der Waals surface area contributed by atoms with Gasteiger partial charge in [-0.2, -0.15) is 0 Å². The lowest BCUT2D eigenvalue weighted by Crippen LogP contribution is -2.27. The molecule has 1 amide bonds. The lowest BCUT2D eigenvalue weighted by Gasteiger charge is -2.18. The van der Waals surface area contributed by atoms with E-state index in [1.807, 2.05) is 0 Å². The van der Waals surface area contributed by atoms with Gasteiger partial charge in [-0.1, -0.05) is 6.07 Å². The Kier molecular flexibility index (Phi) is 5.79. The Hall–Kier alpha value is -1.79. The lowest BCUT2D eigenvalue weighted by molar-refractivity contribution is -0.119. The first-order chi connectivity index (χ1) is 9.32. The molecule has 3 N–H and O–H groups in total. The van der Waals surface area contributed by atoms with Crippen molar-refractivity contribution in [3.8, 4) is 0 Å². The second-order valence-electron chi connectivity index (χ2n) is 4.58. The fourth-order valence-electron chi connectivity index (χ4n) is 1.77. The van der Waals surface area contributed by atoms with Crippen LogP contribution in [-0.2, 0) is 4.79 Å². The summed E-state index contributed by atoms with van der Waals surface area (Å²) in [6, 6.07) is 3.62. The molecule has 0 heterocycles. The van der Waals surface area contributed by atoms with Crippen LogP contribution in [0.3, 0.4) is 0 Å². The first-order valence-electron chi connectivity index (χ1n) is 6.24. The van der Waals surface area contributed by atoms with Gasteiger partial charge in [-0.25, -0.2) is 4.39 Å². The van der Waals surface area contributed by atoms with Crippen molar-refractivity contribution in [2.75, 3.05) is 6.54 Å². The number of amides is 1. The predicted octanol–water partition coefficient (Wildman–Crippen LogP) is 0.949. The molecule has 0 aliphatic carbocycles. The molecule has 0 saturated carbocycles. The summed E-state index contributed by atoms with van der Waals surface area (Å²) in [6.45, 7) is 2.79. The van der Waals surface area contributed by atoms with Gasteiger partial charge in [0.15, 0.2) is 5.78 Å². The second kappa shape index (κ2) is 7.12. The van der Waals surface area contributed by atoms with E-state index in [0.29, 0.717) is 0 Å². The van der Waals surface area contributed by atoms with Gasteiger partial charge in [-0.15, -0.1) is 0 Å². The van der Waals surface area contributed by atoms with Crippen LogP contribution in [0.15, 0.2) is 18.2 Å². The third-order valence-corrected chi connectivity index (χ3v) is 2.89. The minimum atomic E-state index is -1.25. The number of carbonyl (C=O) groups is 2. The van der Waals surface area contributed by atoms with Gasteiger partial charge >= 0.3 is 0 Å². The monoisotopic (exact) mass is 283 g/mol. The van der Waals surface area contributed by atoms with Gasteiger partial charge in [0.2, 0.25) is 5.91 Å². The number of hydrogen-bond acceptors (Lipinski definition) is 4. The molecule has 1 aromatic rings. The van der Waals surface area contributed by atoms with E-state index in [9.17, 15) is 24.2 Å². The maximum absolute atomic E-state index is 13.4. The zero-order valence-corrected chi connectivity index (χ0v) is 11.4. The lowest BCUT2D eigenvalue weighted by atomic mass is 9.98. The highest BCUT2D eigenvalue weighted by molar-refractivity contribution is 5.94. The van der Waals surface area contributed by atoms with Crippen LogP contribution in [-0.4, -0.2) is 34.6 Å². The van der Waals surface area contributed by atoms with Crippen molar-refractivity contribution in [2.24, 2.45) is 0 Å². The largest absolute Gasteiger partial charge is 0.390 e. The molecule has 0 aliphatic rings. The number of hydrogen-bond donors (Lipinski definition) is 3. The van der Waals surface area contributed by atoms with Crippen LogP contribution in [0.1, 0.15) is 42.3 Å². The number of aliphatic hydroxyl groups excluding tert-OH is 2. The van der Waals surface area contributed by atoms with Crippen LogP contribution in [0.4, 0.5) is 4.39 Å². The SMILES string of the molecule is CC(=O)NCCC(O)C(O)c1ccc(F)c(C(C)=O)c1. The molecule has 0 saturated heterocycles. The maximum atomic E-state index is 13.4. The molecule has 0 radical (unpaired) electrons. The molecule has 0 bridgehead atoms. The Morgan fingerprint density at radius 2 is 1.95 bits per heavy atom. The van der Waals surface area contributed by atoms with Crippen molar-refractivity contribution in [1.82, 2.24) is 5.32 Å². The smallest absolute Gasteiger partial charge is 0.216 e. The van der Waals surface area contributed by atoms with E-state index < -0.39 is 23.8 Å². The molecular weight excluding hydrogens is 265 g/mol. The molecule has 2 atom stereocenters. The summed E-state index contributed by atoms with van der Waals surface area (Å²) in [4.78, 5) is 21.9. The first kappa shape index (κ1) is 16.3. The van der Waals surface area contributed by atoms with Crippen molar-refractivity contribution in [3.05, 3.63) is 35.1 Å². The Balaban J connectivity index is 2.76. The van der Waals surface area contributed by atoms with Gasteiger partial charge in [0.25, 0.3) is 0 Å². The Morgan fingerprint density at radius 1 is 1.30 bits per heavy atom. The first-order valence-corrected chi connectivity index (χ1v) is 6.24. The highest BCUT2D eigenvalue weighted by Gasteiger charge is 2.20. The quantitative estimate of drug-likeness (QED) is 0.678. The van der Waals surface area contributed by atoms with Crippen LogP contribution in [0.25, 0.3) is 0 Å². The normalized spacial score (nSPS) is 13.7. The van der Waals surface area contributed by atoms with Crippen molar-refractivity contribution in [3.63, 3.8) is 0 Å². The second-order valence-corrected chi connectivity index (χ2v) is 4.58. The van der Waals surface area contributed by atoms with Crippen LogP contribution >= 0.6 is 0 Å². The Labute approximate surface area is 116 Å². The van der Waals surface area contributed by atoms with Crippen LogP contribution < -0.4 is 5.32 Å². The van der Waals surface area contributed by atoms with E-state index in [-0.39, 0.29) is 30.0 Å². The minimum absolute atomic E-state index is 0.129. The fraction of sp³-hybridized carbons (Fsp3) is 0.429. The summed E-state index contributed by atoms with van der Waals surface area (Å²) >= 11 is 0. The summed E-state index contributed by atoms with van der Waals surface area (Å²) in [7, 11) is 0. The molecule has 5 nitrogen and oxygen atoms in total.